The molecule has 0 aliphatic carbocycles. The molecule has 0 aliphatic heterocycles. The molecule has 0 unspecified atom stereocenters. The van der Waals surface area contributed by atoms with Crippen LogP contribution in [0.5, 0.6) is 0 Å². The molecule has 0 saturated carbocycles. The van der Waals surface area contributed by atoms with Crippen LogP contribution in [0.25, 0.3) is 0 Å². The lowest BCUT2D eigenvalue weighted by Crippen LogP contribution is -1.89. The zero-order valence-corrected chi connectivity index (χ0v) is 5.04. The monoisotopic (exact) mass is 119 g/mol. The van der Waals surface area contributed by atoms with E-state index in [1.807, 2.05) is 0 Å². The third-order valence-corrected chi connectivity index (χ3v) is 0.903. The third kappa shape index (κ3) is 1.64. The first-order valence-electron chi connectivity index (χ1n) is 2.71. The SMILES string of the molecule is C=CCc1nc[c]cn1. The molecule has 0 N–H and O–H groups in total. The summed E-state index contributed by atoms with van der Waals surface area (Å²) in [6.45, 7) is 3.57. The minimum absolute atomic E-state index is 0.731. The van der Waals surface area contributed by atoms with Crippen molar-refractivity contribution < 1.29 is 0 Å². The average molecular weight is 119 g/mol. The molecule has 0 fully saturated rings. The number of rotatable bonds is 2. The third-order valence-electron chi connectivity index (χ3n) is 0.903. The first-order valence-corrected chi connectivity index (χ1v) is 2.71. The summed E-state index contributed by atoms with van der Waals surface area (Å²) in [6, 6.07) is 2.73. The smallest absolute Gasteiger partial charge is 0.131 e. The molecule has 1 heterocycles. The van der Waals surface area contributed by atoms with Crippen molar-refractivity contribution in [2.75, 3.05) is 0 Å². The van der Waals surface area contributed by atoms with Crippen LogP contribution in [0.2, 0.25) is 0 Å². The van der Waals surface area contributed by atoms with E-state index < -0.39 is 0 Å². The van der Waals surface area contributed by atoms with Crippen molar-refractivity contribution in [1.82, 2.24) is 9.97 Å². The fourth-order valence-electron chi connectivity index (χ4n) is 0.525. The predicted molar refractivity (Wildman–Crippen MR) is 34.8 cm³/mol. The van der Waals surface area contributed by atoms with Crippen molar-refractivity contribution in [2.45, 2.75) is 6.42 Å². The molecular weight excluding hydrogens is 112 g/mol. The minimum Gasteiger partial charge on any atom is -0.240 e. The fraction of sp³-hybridized carbons (Fsp3) is 0.143. The molecule has 0 spiro atoms. The van der Waals surface area contributed by atoms with Gasteiger partial charge < -0.3 is 0 Å². The van der Waals surface area contributed by atoms with E-state index in [9.17, 15) is 0 Å². The lowest BCUT2D eigenvalue weighted by Gasteiger charge is -1.88. The highest BCUT2D eigenvalue weighted by atomic mass is 14.8. The first kappa shape index (κ1) is 5.95. The van der Waals surface area contributed by atoms with Gasteiger partial charge in [-0.25, -0.2) is 9.97 Å². The lowest BCUT2D eigenvalue weighted by molar-refractivity contribution is 0.988. The fourth-order valence-corrected chi connectivity index (χ4v) is 0.525. The molecule has 45 valence electrons. The zero-order valence-electron chi connectivity index (χ0n) is 5.04. The van der Waals surface area contributed by atoms with E-state index in [1.54, 1.807) is 18.5 Å². The normalized spacial score (nSPS) is 8.89. The van der Waals surface area contributed by atoms with Gasteiger partial charge in [0.2, 0.25) is 0 Å². The average Bonchev–Trinajstić information content (AvgIpc) is 1.91. The molecule has 1 radical (unpaired) electrons. The molecule has 0 bridgehead atoms. The molecule has 0 amide bonds. The molecule has 1 aromatic rings. The van der Waals surface area contributed by atoms with Crippen molar-refractivity contribution in [3.63, 3.8) is 0 Å². The van der Waals surface area contributed by atoms with Crippen LogP contribution in [0.3, 0.4) is 0 Å². The summed E-state index contributed by atoms with van der Waals surface area (Å²) in [4.78, 5) is 7.86. The second kappa shape index (κ2) is 2.97. The van der Waals surface area contributed by atoms with Crippen LogP contribution in [-0.4, -0.2) is 9.97 Å². The maximum Gasteiger partial charge on any atom is 0.131 e. The van der Waals surface area contributed by atoms with Crippen molar-refractivity contribution in [3.8, 4) is 0 Å². The molecule has 2 nitrogen and oxygen atoms in total. The van der Waals surface area contributed by atoms with E-state index in [0.717, 1.165) is 12.2 Å². The van der Waals surface area contributed by atoms with Gasteiger partial charge in [-0.05, 0) is 0 Å². The summed E-state index contributed by atoms with van der Waals surface area (Å²) < 4.78 is 0. The van der Waals surface area contributed by atoms with Gasteiger partial charge in [0.1, 0.15) is 5.82 Å². The molecule has 0 saturated heterocycles. The van der Waals surface area contributed by atoms with E-state index in [0.29, 0.717) is 0 Å². The van der Waals surface area contributed by atoms with Crippen molar-refractivity contribution in [1.29, 1.82) is 0 Å². The van der Waals surface area contributed by atoms with Gasteiger partial charge >= 0.3 is 0 Å². The second-order valence-corrected chi connectivity index (χ2v) is 1.59. The Hall–Kier alpha value is -1.18. The Balaban J connectivity index is 2.72. The largest absolute Gasteiger partial charge is 0.240 e. The Morgan fingerprint density at radius 1 is 1.56 bits per heavy atom. The van der Waals surface area contributed by atoms with Crippen molar-refractivity contribution in [2.24, 2.45) is 0 Å². The van der Waals surface area contributed by atoms with Crippen molar-refractivity contribution >= 4 is 0 Å². The molecule has 2 heteroatoms. The van der Waals surface area contributed by atoms with E-state index in [-0.39, 0.29) is 0 Å². The highest BCUT2D eigenvalue weighted by molar-refractivity contribution is 4.92. The van der Waals surface area contributed by atoms with Crippen LogP contribution in [0.15, 0.2) is 25.0 Å². The summed E-state index contributed by atoms with van der Waals surface area (Å²) in [5, 5.41) is 0. The molecule has 9 heavy (non-hydrogen) atoms. The minimum atomic E-state index is 0.731. The molecule has 0 aliphatic rings. The van der Waals surface area contributed by atoms with E-state index in [2.05, 4.69) is 22.6 Å². The summed E-state index contributed by atoms with van der Waals surface area (Å²) in [5.41, 5.74) is 0. The molecular formula is C7H7N2. The lowest BCUT2D eigenvalue weighted by atomic mass is 10.4. The Morgan fingerprint density at radius 2 is 2.22 bits per heavy atom. The quantitative estimate of drug-likeness (QED) is 0.543. The summed E-state index contributed by atoms with van der Waals surface area (Å²) in [5.74, 6) is 0.795. The first-order chi connectivity index (χ1) is 4.43. The van der Waals surface area contributed by atoms with Gasteiger partial charge in [0.25, 0.3) is 0 Å². The van der Waals surface area contributed by atoms with Gasteiger partial charge in [-0.15, -0.1) is 6.58 Å². The Kier molecular flexibility index (Phi) is 1.96. The standard InChI is InChI=1S/C7H7N2/c1-2-4-7-8-5-3-6-9-7/h2,5-6H,1,4H2. The highest BCUT2D eigenvalue weighted by Crippen LogP contribution is 1.87. The zero-order chi connectivity index (χ0) is 6.53. The van der Waals surface area contributed by atoms with Gasteiger partial charge in [0.05, 0.1) is 0 Å². The summed E-state index contributed by atoms with van der Waals surface area (Å²) in [7, 11) is 0. The van der Waals surface area contributed by atoms with Gasteiger partial charge in [0, 0.05) is 24.9 Å². The van der Waals surface area contributed by atoms with Crippen LogP contribution < -0.4 is 0 Å². The maximum absolute atomic E-state index is 3.93. The van der Waals surface area contributed by atoms with Gasteiger partial charge in [-0.1, -0.05) is 6.08 Å². The van der Waals surface area contributed by atoms with Crippen LogP contribution in [0.4, 0.5) is 0 Å². The molecule has 1 rings (SSSR count). The number of hydrogen-bond donors (Lipinski definition) is 0. The Labute approximate surface area is 54.3 Å². The van der Waals surface area contributed by atoms with Crippen LogP contribution in [0.1, 0.15) is 5.82 Å². The van der Waals surface area contributed by atoms with Crippen molar-refractivity contribution in [3.05, 3.63) is 36.9 Å². The molecule has 0 atom stereocenters. The number of allylic oxidation sites excluding steroid dienone is 1. The Morgan fingerprint density at radius 3 is 2.78 bits per heavy atom. The van der Waals surface area contributed by atoms with Gasteiger partial charge in [-0.2, -0.15) is 0 Å². The maximum atomic E-state index is 3.93. The van der Waals surface area contributed by atoms with Crippen LogP contribution >= 0.6 is 0 Å². The van der Waals surface area contributed by atoms with Gasteiger partial charge in [0.15, 0.2) is 0 Å². The topological polar surface area (TPSA) is 25.8 Å². The summed E-state index contributed by atoms with van der Waals surface area (Å²) >= 11 is 0. The van der Waals surface area contributed by atoms with Crippen LogP contribution in [0, 0.1) is 6.07 Å². The number of aromatic nitrogens is 2. The Bertz CT molecular complexity index is 181. The van der Waals surface area contributed by atoms with Gasteiger partial charge in [-0.3, -0.25) is 0 Å². The molecule has 0 aromatic carbocycles. The predicted octanol–water partition coefficient (Wildman–Crippen LogP) is 1.01. The summed E-state index contributed by atoms with van der Waals surface area (Å²) in [6.07, 6.45) is 5.71. The number of nitrogens with zero attached hydrogens (tertiary/aromatic N) is 2. The van der Waals surface area contributed by atoms with E-state index in [1.165, 1.54) is 0 Å². The number of hydrogen-bond acceptors (Lipinski definition) is 2. The molecule has 1 aromatic heterocycles. The second-order valence-electron chi connectivity index (χ2n) is 1.59. The van der Waals surface area contributed by atoms with Crippen LogP contribution in [-0.2, 0) is 6.42 Å². The highest BCUT2D eigenvalue weighted by Gasteiger charge is 1.85. The van der Waals surface area contributed by atoms with E-state index >= 15 is 0 Å². The van der Waals surface area contributed by atoms with E-state index in [4.69, 9.17) is 0 Å².